The maximum absolute atomic E-state index is 15.5. The molecule has 2 saturated heterocycles. The predicted octanol–water partition coefficient (Wildman–Crippen LogP) is 7.01. The quantitative estimate of drug-likeness (QED) is 0.174. The molecule has 0 aromatic carbocycles. The molecule has 2 aliphatic heterocycles. The van der Waals surface area contributed by atoms with Crippen LogP contribution in [-0.4, -0.2) is 42.4 Å². The maximum atomic E-state index is 15.5. The lowest BCUT2D eigenvalue weighted by molar-refractivity contribution is -0.279. The zero-order chi connectivity index (χ0) is 24.6. The fourth-order valence-corrected chi connectivity index (χ4v) is 9.21. The first-order valence-electron chi connectivity index (χ1n) is 13.2. The number of halogens is 4. The molecule has 5 fully saturated rings. The van der Waals surface area contributed by atoms with Crippen LogP contribution in [0.5, 0.6) is 0 Å². The summed E-state index contributed by atoms with van der Waals surface area (Å²) >= 11 is 0. The van der Waals surface area contributed by atoms with E-state index in [1.165, 1.54) is 5.57 Å². The molecule has 0 aromatic heterocycles. The molecule has 0 amide bonds. The third kappa shape index (κ3) is 2.67. The van der Waals surface area contributed by atoms with E-state index < -0.39 is 22.7 Å². The molecule has 0 aromatic rings. The zero-order valence-corrected chi connectivity index (χ0v) is 21.2. The minimum absolute atomic E-state index is 0.0701. The van der Waals surface area contributed by atoms with Gasteiger partial charge in [-0.25, -0.2) is 4.39 Å². The van der Waals surface area contributed by atoms with E-state index in [1.807, 2.05) is 6.92 Å². The van der Waals surface area contributed by atoms with Crippen molar-refractivity contribution in [1.29, 1.82) is 0 Å². The highest BCUT2D eigenvalue weighted by atomic mass is 19.4. The Morgan fingerprint density at radius 1 is 1.00 bits per heavy atom. The van der Waals surface area contributed by atoms with Crippen LogP contribution < -0.4 is 0 Å². The third-order valence-electron chi connectivity index (χ3n) is 11.9. The van der Waals surface area contributed by atoms with Crippen molar-refractivity contribution in [2.75, 3.05) is 6.61 Å². The van der Waals surface area contributed by atoms with Gasteiger partial charge in [0.2, 0.25) is 5.67 Å². The van der Waals surface area contributed by atoms with E-state index in [0.717, 1.165) is 52.0 Å². The van der Waals surface area contributed by atoms with E-state index in [4.69, 9.17) is 9.47 Å². The molecule has 3 saturated carbocycles. The minimum Gasteiger partial charge on any atom is -0.383 e. The van der Waals surface area contributed by atoms with Crippen LogP contribution in [0.2, 0.25) is 6.32 Å². The Labute approximate surface area is 201 Å². The normalized spacial score (nSPS) is 52.9. The maximum Gasteiger partial charge on any atom is 0.422 e. The van der Waals surface area contributed by atoms with Crippen molar-refractivity contribution in [1.82, 2.24) is 0 Å². The highest BCUT2D eigenvalue weighted by Gasteiger charge is 2.80. The fourth-order valence-electron chi connectivity index (χ4n) is 9.21. The number of allylic oxidation sites excluding steroid dienone is 1. The van der Waals surface area contributed by atoms with Crippen LogP contribution in [-0.2, 0) is 9.47 Å². The first-order valence-corrected chi connectivity index (χ1v) is 13.2. The highest BCUT2D eigenvalue weighted by molar-refractivity contribution is 6.40. The van der Waals surface area contributed by atoms with Gasteiger partial charge in [0.1, 0.15) is 11.2 Å². The molecule has 0 bridgehead atoms. The van der Waals surface area contributed by atoms with E-state index in [1.54, 1.807) is 6.92 Å². The van der Waals surface area contributed by atoms with E-state index in [0.29, 0.717) is 12.8 Å². The van der Waals surface area contributed by atoms with Crippen molar-refractivity contribution < 1.29 is 27.0 Å². The number of hydrogen-bond acceptors (Lipinski definition) is 2. The Bertz CT molecular complexity index is 933. The Balaban J connectivity index is 1.29. The first kappa shape index (κ1) is 23.8. The summed E-state index contributed by atoms with van der Waals surface area (Å²) in [5, 5.41) is 0. The molecule has 189 valence electrons. The second-order valence-corrected chi connectivity index (χ2v) is 13.9. The summed E-state index contributed by atoms with van der Waals surface area (Å²) in [7, 11) is 2.39. The van der Waals surface area contributed by atoms with Gasteiger partial charge in [-0.2, -0.15) is 13.2 Å². The number of fused-ring (bicyclic) bond motifs is 3. The highest BCUT2D eigenvalue weighted by Crippen LogP contribution is 2.76. The summed E-state index contributed by atoms with van der Waals surface area (Å²) in [6, 6.07) is 0. The molecule has 0 N–H and O–H groups in total. The van der Waals surface area contributed by atoms with Crippen molar-refractivity contribution in [2.45, 2.75) is 121 Å². The van der Waals surface area contributed by atoms with Crippen molar-refractivity contribution in [2.24, 2.45) is 28.1 Å². The molecule has 6 aliphatic rings. The van der Waals surface area contributed by atoms with Gasteiger partial charge in [0.25, 0.3) is 0 Å². The second kappa shape index (κ2) is 6.46. The van der Waals surface area contributed by atoms with E-state index in [-0.39, 0.29) is 40.4 Å². The van der Waals surface area contributed by atoms with Crippen molar-refractivity contribution in [3.05, 3.63) is 11.6 Å². The van der Waals surface area contributed by atoms with Crippen LogP contribution in [0.4, 0.5) is 17.6 Å². The average molecular weight is 481 g/mol. The van der Waals surface area contributed by atoms with Crippen LogP contribution in [0.1, 0.15) is 86.0 Å². The van der Waals surface area contributed by atoms with Gasteiger partial charge in [0.05, 0.1) is 6.61 Å². The smallest absolute Gasteiger partial charge is 0.383 e. The second-order valence-electron chi connectivity index (χ2n) is 13.9. The Hall–Kier alpha value is -0.555. The van der Waals surface area contributed by atoms with Gasteiger partial charge in [-0.05, 0) is 80.1 Å². The molecule has 3 unspecified atom stereocenters. The predicted molar refractivity (Wildman–Crippen MR) is 123 cm³/mol. The topological polar surface area (TPSA) is 21.8 Å². The monoisotopic (exact) mass is 481 g/mol. The molecule has 7 heteroatoms. The van der Waals surface area contributed by atoms with Gasteiger partial charge in [-0.1, -0.05) is 40.1 Å². The van der Waals surface area contributed by atoms with Gasteiger partial charge in [-0.15, -0.1) is 0 Å². The molecule has 6 rings (SSSR count). The van der Waals surface area contributed by atoms with E-state index in [2.05, 4.69) is 27.2 Å². The lowest BCUT2D eigenvalue weighted by atomic mass is 9.43. The summed E-state index contributed by atoms with van der Waals surface area (Å²) < 4.78 is 70.3. The third-order valence-corrected chi connectivity index (χ3v) is 11.9. The van der Waals surface area contributed by atoms with Gasteiger partial charge >= 0.3 is 6.18 Å². The van der Waals surface area contributed by atoms with E-state index >= 15 is 4.39 Å². The van der Waals surface area contributed by atoms with Crippen molar-refractivity contribution >= 4 is 7.28 Å². The molecule has 2 nitrogen and oxygen atoms in total. The average Bonchev–Trinajstić information content (AvgIpc) is 3.35. The van der Waals surface area contributed by atoms with Gasteiger partial charge in [0, 0.05) is 17.3 Å². The summed E-state index contributed by atoms with van der Waals surface area (Å²) in [5.41, 5.74) is -4.53. The SMILES string of the molecule is CC1(C)C[B]C2(CC[C@]34O[C@]3(CC[C@@H]3C4=CCC4(C)[C@H]3CC[C@@]4(C)C(C)(F)C(F)(F)F)C2)OC1. The Morgan fingerprint density at radius 2 is 1.74 bits per heavy atom. The molecular weight excluding hydrogens is 443 g/mol. The molecule has 1 radical (unpaired) electrons. The molecule has 34 heavy (non-hydrogen) atoms. The van der Waals surface area contributed by atoms with Crippen LogP contribution in [0.3, 0.4) is 0 Å². The van der Waals surface area contributed by atoms with Crippen LogP contribution in [0.15, 0.2) is 11.6 Å². The standard InChI is InChI=1S/C27H38BF4O2/c1-20(2)15-28-25(33-16-20)12-13-26-19-7-9-21(3)18(17(19)6-11-24(26,14-25)34-26)8-10-22(21,4)23(5,29)27(30,31)32/h7,17-18H,6,8-16H2,1-5H3/t17-,18-,21?,22+,23?,24+,25?,26+/m0/s1. The summed E-state index contributed by atoms with van der Waals surface area (Å²) in [4.78, 5) is 0. The number of ether oxygens (including phenoxy) is 2. The Morgan fingerprint density at radius 3 is 2.38 bits per heavy atom. The molecule has 4 aliphatic carbocycles. The van der Waals surface area contributed by atoms with Crippen molar-refractivity contribution in [3.63, 3.8) is 0 Å². The number of hydrogen-bond donors (Lipinski definition) is 0. The molecule has 2 heterocycles. The van der Waals surface area contributed by atoms with Crippen molar-refractivity contribution in [3.8, 4) is 0 Å². The van der Waals surface area contributed by atoms with Gasteiger partial charge in [0.15, 0.2) is 7.28 Å². The number of rotatable bonds is 1. The lowest BCUT2D eigenvalue weighted by Gasteiger charge is -2.56. The summed E-state index contributed by atoms with van der Waals surface area (Å²) in [6.07, 6.45) is 4.37. The minimum atomic E-state index is -4.87. The van der Waals surface area contributed by atoms with Crippen LogP contribution >= 0.6 is 0 Å². The summed E-state index contributed by atoms with van der Waals surface area (Å²) in [5.74, 6) is 0.269. The van der Waals surface area contributed by atoms with Crippen LogP contribution in [0, 0.1) is 28.1 Å². The Kier molecular flexibility index (Phi) is 4.53. The van der Waals surface area contributed by atoms with Gasteiger partial charge in [-0.3, -0.25) is 0 Å². The fraction of sp³-hybridized carbons (Fsp3) is 0.926. The first-order chi connectivity index (χ1) is 15.6. The van der Waals surface area contributed by atoms with Gasteiger partial charge < -0.3 is 9.47 Å². The van der Waals surface area contributed by atoms with Crippen LogP contribution in [0.25, 0.3) is 0 Å². The summed E-state index contributed by atoms with van der Waals surface area (Å²) in [6.45, 7) is 9.49. The number of alkyl halides is 4. The number of epoxide rings is 1. The largest absolute Gasteiger partial charge is 0.422 e. The molecule has 1 spiro atoms. The lowest BCUT2D eigenvalue weighted by Crippen LogP contribution is -2.60. The molecule has 8 atom stereocenters. The van der Waals surface area contributed by atoms with E-state index in [9.17, 15) is 13.2 Å². The zero-order valence-electron chi connectivity index (χ0n) is 21.2. The molecular formula is C27H38BF4O2.